The van der Waals surface area contributed by atoms with Crippen molar-refractivity contribution in [2.75, 3.05) is 13.1 Å². The number of aliphatic carboxylic acids is 1. The van der Waals surface area contributed by atoms with Gasteiger partial charge in [-0.15, -0.1) is 0 Å². The van der Waals surface area contributed by atoms with Gasteiger partial charge in [0.05, 0.1) is 0 Å². The van der Waals surface area contributed by atoms with E-state index < -0.39 is 11.9 Å². The van der Waals surface area contributed by atoms with E-state index in [0.717, 1.165) is 51.4 Å². The van der Waals surface area contributed by atoms with Crippen molar-refractivity contribution in [3.8, 4) is 0 Å². The highest BCUT2D eigenvalue weighted by Crippen LogP contribution is 2.19. The summed E-state index contributed by atoms with van der Waals surface area (Å²) in [6.45, 7) is 9.61. The molecule has 22 heavy (non-hydrogen) atoms. The summed E-state index contributed by atoms with van der Waals surface area (Å²) in [7, 11) is 0. The third-order valence-corrected chi connectivity index (χ3v) is 4.51. The maximum atomic E-state index is 12.0. The second-order valence-corrected chi connectivity index (χ2v) is 6.33. The zero-order chi connectivity index (χ0) is 17.0. The van der Waals surface area contributed by atoms with E-state index in [2.05, 4.69) is 27.7 Å². The van der Waals surface area contributed by atoms with Crippen LogP contribution in [0.5, 0.6) is 0 Å². The molecule has 0 spiro atoms. The predicted octanol–water partition coefficient (Wildman–Crippen LogP) is 3.00. The predicted molar refractivity (Wildman–Crippen MR) is 88.2 cm³/mol. The number of amides is 1. The molecule has 2 unspecified atom stereocenters. The van der Waals surface area contributed by atoms with Gasteiger partial charge in [-0.25, -0.2) is 0 Å². The van der Waals surface area contributed by atoms with E-state index in [4.69, 9.17) is 0 Å². The molecular weight excluding hydrogens is 278 g/mol. The van der Waals surface area contributed by atoms with Crippen LogP contribution in [0.3, 0.4) is 0 Å². The van der Waals surface area contributed by atoms with Crippen molar-refractivity contribution in [3.05, 3.63) is 0 Å². The summed E-state index contributed by atoms with van der Waals surface area (Å²) in [5.41, 5.74) is 0. The van der Waals surface area contributed by atoms with Crippen LogP contribution in [-0.4, -0.2) is 29.9 Å². The lowest BCUT2D eigenvalue weighted by molar-refractivity contribution is -0.301. The fourth-order valence-electron chi connectivity index (χ4n) is 2.83. The number of carbonyl (C=O) groups excluding carboxylic acids is 2. The minimum Gasteiger partial charge on any atom is -0.540 e. The molecule has 0 fully saturated rings. The molecule has 0 saturated carbocycles. The summed E-state index contributed by atoms with van der Waals surface area (Å²) in [5.74, 6) is -1.65. The van der Waals surface area contributed by atoms with Gasteiger partial charge < -0.3 is 14.8 Å². The topological polar surface area (TPSA) is 60.4 Å². The molecule has 0 aromatic carbocycles. The number of carbonyl (C=O) groups is 2. The lowest BCUT2D eigenvalue weighted by Crippen LogP contribution is -2.47. The number of nitrogens with zero attached hydrogens (tertiary/aromatic N) is 1. The van der Waals surface area contributed by atoms with Gasteiger partial charge in [0.2, 0.25) is 0 Å². The van der Waals surface area contributed by atoms with Crippen molar-refractivity contribution in [2.24, 2.45) is 11.8 Å². The highest BCUT2D eigenvalue weighted by Gasteiger charge is 2.21. The smallest absolute Gasteiger partial charge is 0.269 e. The molecule has 2 atom stereocenters. The maximum absolute atomic E-state index is 12.0. The first-order valence-electron chi connectivity index (χ1n) is 9.00. The van der Waals surface area contributed by atoms with E-state index in [1.807, 2.05) is 0 Å². The molecule has 4 nitrogen and oxygen atoms in total. The SMILES string of the molecule is CCCCC(CC)CN(CC(CC)CCCC)C(=O)C(=O)[O-]. The molecule has 0 heterocycles. The first kappa shape index (κ1) is 20.9. The molecule has 0 aromatic rings. The number of rotatable bonds is 12. The van der Waals surface area contributed by atoms with Crippen LogP contribution in [0, 0.1) is 11.8 Å². The van der Waals surface area contributed by atoms with Gasteiger partial charge in [-0.2, -0.15) is 0 Å². The van der Waals surface area contributed by atoms with Gasteiger partial charge in [-0.05, 0) is 24.7 Å². The zero-order valence-corrected chi connectivity index (χ0v) is 14.9. The van der Waals surface area contributed by atoms with Crippen LogP contribution in [-0.2, 0) is 9.59 Å². The first-order chi connectivity index (χ1) is 10.5. The van der Waals surface area contributed by atoms with Gasteiger partial charge in [0, 0.05) is 13.1 Å². The Balaban J connectivity index is 4.79. The van der Waals surface area contributed by atoms with Gasteiger partial charge in [0.1, 0.15) is 5.97 Å². The van der Waals surface area contributed by atoms with Crippen molar-refractivity contribution >= 4 is 11.9 Å². The third kappa shape index (κ3) is 8.40. The zero-order valence-electron chi connectivity index (χ0n) is 14.9. The molecular formula is C18H34NO3-. The molecule has 1 amide bonds. The van der Waals surface area contributed by atoms with Gasteiger partial charge in [-0.3, -0.25) is 4.79 Å². The van der Waals surface area contributed by atoms with Crippen molar-refractivity contribution in [1.82, 2.24) is 4.90 Å². The largest absolute Gasteiger partial charge is 0.540 e. The van der Waals surface area contributed by atoms with Gasteiger partial charge in [0.15, 0.2) is 0 Å². The van der Waals surface area contributed by atoms with Crippen molar-refractivity contribution in [2.45, 2.75) is 79.1 Å². The second-order valence-electron chi connectivity index (χ2n) is 6.33. The van der Waals surface area contributed by atoms with Gasteiger partial charge in [0.25, 0.3) is 5.91 Å². The number of carboxylic acid groups (broad SMARTS) is 1. The number of hydrogen-bond donors (Lipinski definition) is 0. The molecule has 0 rings (SSSR count). The van der Waals surface area contributed by atoms with Crippen LogP contribution in [0.2, 0.25) is 0 Å². The molecule has 0 aliphatic heterocycles. The summed E-state index contributed by atoms with van der Waals surface area (Å²) in [4.78, 5) is 24.5. The van der Waals surface area contributed by atoms with E-state index >= 15 is 0 Å². The minimum absolute atomic E-state index is 0.381. The number of carboxylic acids is 1. The lowest BCUT2D eigenvalue weighted by Gasteiger charge is -2.31. The fraction of sp³-hybridized carbons (Fsp3) is 0.889. The molecule has 0 saturated heterocycles. The Morgan fingerprint density at radius 1 is 0.864 bits per heavy atom. The molecule has 0 aliphatic carbocycles. The van der Waals surface area contributed by atoms with Crippen LogP contribution in [0.15, 0.2) is 0 Å². The molecule has 0 radical (unpaired) electrons. The van der Waals surface area contributed by atoms with Gasteiger partial charge in [-0.1, -0.05) is 66.2 Å². The van der Waals surface area contributed by atoms with Crippen LogP contribution in [0.25, 0.3) is 0 Å². The van der Waals surface area contributed by atoms with Crippen molar-refractivity contribution in [1.29, 1.82) is 0 Å². The lowest BCUT2D eigenvalue weighted by atomic mass is 9.95. The van der Waals surface area contributed by atoms with Crippen molar-refractivity contribution in [3.63, 3.8) is 0 Å². The van der Waals surface area contributed by atoms with E-state index in [1.54, 1.807) is 0 Å². The minimum atomic E-state index is -1.57. The Morgan fingerprint density at radius 2 is 1.27 bits per heavy atom. The van der Waals surface area contributed by atoms with Gasteiger partial charge >= 0.3 is 0 Å². The fourth-order valence-corrected chi connectivity index (χ4v) is 2.83. The molecule has 4 heteroatoms. The molecule has 0 N–H and O–H groups in total. The number of unbranched alkanes of at least 4 members (excludes halogenated alkanes) is 2. The Morgan fingerprint density at radius 3 is 1.55 bits per heavy atom. The van der Waals surface area contributed by atoms with E-state index in [9.17, 15) is 14.7 Å². The average Bonchev–Trinajstić information content (AvgIpc) is 2.52. The summed E-state index contributed by atoms with van der Waals surface area (Å²) in [6.07, 6.45) is 8.55. The van der Waals surface area contributed by atoms with E-state index in [-0.39, 0.29) is 0 Å². The molecule has 0 aliphatic rings. The highest BCUT2D eigenvalue weighted by atomic mass is 16.4. The summed E-state index contributed by atoms with van der Waals surface area (Å²) < 4.78 is 0. The molecule has 0 aromatic heterocycles. The van der Waals surface area contributed by atoms with Crippen LogP contribution in [0.4, 0.5) is 0 Å². The molecule has 0 bridgehead atoms. The van der Waals surface area contributed by atoms with Crippen LogP contribution in [0.1, 0.15) is 79.1 Å². The van der Waals surface area contributed by atoms with Crippen molar-refractivity contribution < 1.29 is 14.7 Å². The Bertz CT molecular complexity index is 299. The highest BCUT2D eigenvalue weighted by molar-refractivity contribution is 6.30. The standard InChI is InChI=1S/C18H35NO3/c1-5-9-11-15(7-3)13-19(17(20)18(21)22)14-16(8-4)12-10-6-2/h15-16H,5-14H2,1-4H3,(H,21,22)/p-1. The van der Waals surface area contributed by atoms with Crippen LogP contribution >= 0.6 is 0 Å². The molecule has 130 valence electrons. The summed E-state index contributed by atoms with van der Waals surface area (Å²) >= 11 is 0. The first-order valence-corrected chi connectivity index (χ1v) is 9.00. The van der Waals surface area contributed by atoms with Crippen LogP contribution < -0.4 is 5.11 Å². The Hall–Kier alpha value is -1.06. The Labute approximate surface area is 136 Å². The Kier molecular flexibility index (Phi) is 11.9. The normalized spacial score (nSPS) is 13.6. The van der Waals surface area contributed by atoms with E-state index in [1.165, 1.54) is 4.90 Å². The average molecular weight is 312 g/mol. The van der Waals surface area contributed by atoms with E-state index in [0.29, 0.717) is 24.9 Å². The maximum Gasteiger partial charge on any atom is 0.269 e. The quantitative estimate of drug-likeness (QED) is 0.520. The monoisotopic (exact) mass is 312 g/mol. The number of hydrogen-bond acceptors (Lipinski definition) is 3. The summed E-state index contributed by atoms with van der Waals surface area (Å²) in [6, 6.07) is 0. The second kappa shape index (κ2) is 12.5. The third-order valence-electron chi connectivity index (χ3n) is 4.51. The summed E-state index contributed by atoms with van der Waals surface area (Å²) in [5, 5.41) is 11.0.